The minimum atomic E-state index is -0.171. The molecule has 1 nitrogen and oxygen atoms in total. The van der Waals surface area contributed by atoms with E-state index >= 15 is 0 Å². The highest BCUT2D eigenvalue weighted by Gasteiger charge is 2.25. The average Bonchev–Trinajstić information content (AvgIpc) is 2.29. The molecule has 2 rings (SSSR count). The summed E-state index contributed by atoms with van der Waals surface area (Å²) in [5.74, 6) is 1.24. The second-order valence-corrected chi connectivity index (χ2v) is 5.55. The van der Waals surface area contributed by atoms with Crippen molar-refractivity contribution in [2.24, 2.45) is 17.6 Å². The van der Waals surface area contributed by atoms with Crippen molar-refractivity contribution in [3.05, 3.63) is 35.1 Å². The van der Waals surface area contributed by atoms with Crippen LogP contribution in [-0.4, -0.2) is 0 Å². The van der Waals surface area contributed by atoms with Gasteiger partial charge in [-0.05, 0) is 54.9 Å². The minimum Gasteiger partial charge on any atom is -0.324 e. The molecule has 1 aromatic carbocycles. The van der Waals surface area contributed by atoms with E-state index in [0.29, 0.717) is 5.92 Å². The SMILES string of the molecule is Cc1cc(F)ccc1C(N)C1CCC(C)CC1. The fraction of sp³-hybridized carbons (Fsp3) is 0.600. The highest BCUT2D eigenvalue weighted by molar-refractivity contribution is 5.29. The summed E-state index contributed by atoms with van der Waals surface area (Å²) in [6.07, 6.45) is 4.97. The first-order valence-electron chi connectivity index (χ1n) is 6.59. The molecule has 1 fully saturated rings. The van der Waals surface area contributed by atoms with E-state index < -0.39 is 0 Å². The van der Waals surface area contributed by atoms with E-state index in [1.54, 1.807) is 6.07 Å². The monoisotopic (exact) mass is 235 g/mol. The van der Waals surface area contributed by atoms with Crippen LogP contribution in [0, 0.1) is 24.6 Å². The van der Waals surface area contributed by atoms with Crippen LogP contribution < -0.4 is 5.73 Å². The lowest BCUT2D eigenvalue weighted by molar-refractivity contribution is 0.255. The third-order valence-electron chi connectivity index (χ3n) is 4.16. The number of nitrogens with two attached hydrogens (primary N) is 1. The van der Waals surface area contributed by atoms with Crippen molar-refractivity contribution in [1.82, 2.24) is 0 Å². The standard InChI is InChI=1S/C15H22FN/c1-10-3-5-12(6-4-10)15(17)14-8-7-13(16)9-11(14)2/h7-10,12,15H,3-6,17H2,1-2H3. The van der Waals surface area contributed by atoms with Gasteiger partial charge in [0.25, 0.3) is 0 Å². The molecule has 1 saturated carbocycles. The predicted octanol–water partition coefficient (Wildman–Crippen LogP) is 3.96. The minimum absolute atomic E-state index is 0.0723. The molecular formula is C15H22FN. The van der Waals surface area contributed by atoms with Crippen molar-refractivity contribution in [1.29, 1.82) is 0 Å². The molecule has 17 heavy (non-hydrogen) atoms. The van der Waals surface area contributed by atoms with E-state index in [2.05, 4.69) is 6.92 Å². The maximum Gasteiger partial charge on any atom is 0.123 e. The van der Waals surface area contributed by atoms with Crippen molar-refractivity contribution in [2.75, 3.05) is 0 Å². The van der Waals surface area contributed by atoms with Gasteiger partial charge < -0.3 is 5.73 Å². The van der Waals surface area contributed by atoms with Crippen LogP contribution in [0.1, 0.15) is 49.8 Å². The van der Waals surface area contributed by atoms with Crippen molar-refractivity contribution in [2.45, 2.75) is 45.6 Å². The first kappa shape index (κ1) is 12.6. The summed E-state index contributed by atoms with van der Waals surface area (Å²) in [5.41, 5.74) is 8.44. The van der Waals surface area contributed by atoms with Crippen molar-refractivity contribution in [3.63, 3.8) is 0 Å². The maximum absolute atomic E-state index is 13.1. The van der Waals surface area contributed by atoms with Crippen LogP contribution in [0.25, 0.3) is 0 Å². The van der Waals surface area contributed by atoms with Crippen LogP contribution >= 0.6 is 0 Å². The van der Waals surface area contributed by atoms with E-state index in [1.807, 2.05) is 13.0 Å². The Balaban J connectivity index is 2.11. The lowest BCUT2D eigenvalue weighted by Gasteiger charge is -2.31. The van der Waals surface area contributed by atoms with Crippen LogP contribution in [0.5, 0.6) is 0 Å². The van der Waals surface area contributed by atoms with Gasteiger partial charge in [0.15, 0.2) is 0 Å². The quantitative estimate of drug-likeness (QED) is 0.825. The van der Waals surface area contributed by atoms with E-state index in [4.69, 9.17) is 5.73 Å². The normalized spacial score (nSPS) is 26.8. The molecule has 94 valence electrons. The number of benzene rings is 1. The maximum atomic E-state index is 13.1. The molecule has 0 aliphatic heterocycles. The molecule has 1 aromatic rings. The Bertz CT molecular complexity index is 381. The van der Waals surface area contributed by atoms with Gasteiger partial charge in [0, 0.05) is 6.04 Å². The van der Waals surface area contributed by atoms with Gasteiger partial charge in [-0.25, -0.2) is 4.39 Å². The highest BCUT2D eigenvalue weighted by Crippen LogP contribution is 2.36. The van der Waals surface area contributed by atoms with E-state index in [9.17, 15) is 4.39 Å². The zero-order valence-corrected chi connectivity index (χ0v) is 10.7. The smallest absolute Gasteiger partial charge is 0.123 e. The Morgan fingerprint density at radius 3 is 2.47 bits per heavy atom. The lowest BCUT2D eigenvalue weighted by atomic mass is 9.77. The Labute approximate surface area is 103 Å². The Kier molecular flexibility index (Phi) is 3.82. The molecule has 0 spiro atoms. The first-order chi connectivity index (χ1) is 8.08. The number of aryl methyl sites for hydroxylation is 1. The van der Waals surface area contributed by atoms with Crippen molar-refractivity contribution < 1.29 is 4.39 Å². The summed E-state index contributed by atoms with van der Waals surface area (Å²) < 4.78 is 13.1. The molecule has 1 aliphatic carbocycles. The van der Waals surface area contributed by atoms with Gasteiger partial charge in [-0.2, -0.15) is 0 Å². The average molecular weight is 235 g/mol. The summed E-state index contributed by atoms with van der Waals surface area (Å²) in [6, 6.07) is 5.03. The summed E-state index contributed by atoms with van der Waals surface area (Å²) in [7, 11) is 0. The van der Waals surface area contributed by atoms with Gasteiger partial charge in [-0.15, -0.1) is 0 Å². The van der Waals surface area contributed by atoms with E-state index in [0.717, 1.165) is 17.0 Å². The molecular weight excluding hydrogens is 213 g/mol. The number of rotatable bonds is 2. The lowest BCUT2D eigenvalue weighted by Crippen LogP contribution is -2.26. The van der Waals surface area contributed by atoms with Crippen LogP contribution in [0.3, 0.4) is 0 Å². The Morgan fingerprint density at radius 1 is 1.24 bits per heavy atom. The molecule has 1 atom stereocenters. The van der Waals surface area contributed by atoms with Crippen LogP contribution in [0.4, 0.5) is 4.39 Å². The molecule has 2 N–H and O–H groups in total. The Hall–Kier alpha value is -0.890. The van der Waals surface area contributed by atoms with Gasteiger partial charge in [0.1, 0.15) is 5.82 Å². The van der Waals surface area contributed by atoms with Crippen LogP contribution in [0.2, 0.25) is 0 Å². The molecule has 0 heterocycles. The molecule has 0 amide bonds. The summed E-state index contributed by atoms with van der Waals surface area (Å²) in [4.78, 5) is 0. The summed E-state index contributed by atoms with van der Waals surface area (Å²) in [6.45, 7) is 4.26. The van der Waals surface area contributed by atoms with E-state index in [1.165, 1.54) is 31.7 Å². The zero-order chi connectivity index (χ0) is 12.4. The van der Waals surface area contributed by atoms with Crippen molar-refractivity contribution in [3.8, 4) is 0 Å². The zero-order valence-electron chi connectivity index (χ0n) is 10.7. The van der Waals surface area contributed by atoms with Crippen molar-refractivity contribution >= 4 is 0 Å². The number of halogens is 1. The number of hydrogen-bond donors (Lipinski definition) is 1. The van der Waals surface area contributed by atoms with Gasteiger partial charge in [-0.1, -0.05) is 25.8 Å². The van der Waals surface area contributed by atoms with Gasteiger partial charge in [0.2, 0.25) is 0 Å². The molecule has 0 saturated heterocycles. The van der Waals surface area contributed by atoms with Gasteiger partial charge in [-0.3, -0.25) is 0 Å². The van der Waals surface area contributed by atoms with Gasteiger partial charge in [0.05, 0.1) is 0 Å². The fourth-order valence-electron chi connectivity index (χ4n) is 2.91. The number of hydrogen-bond acceptors (Lipinski definition) is 1. The molecule has 1 aliphatic rings. The molecule has 2 heteroatoms. The first-order valence-corrected chi connectivity index (χ1v) is 6.59. The van der Waals surface area contributed by atoms with Gasteiger partial charge >= 0.3 is 0 Å². The van der Waals surface area contributed by atoms with E-state index in [-0.39, 0.29) is 11.9 Å². The highest BCUT2D eigenvalue weighted by atomic mass is 19.1. The molecule has 1 unspecified atom stereocenters. The Morgan fingerprint density at radius 2 is 1.88 bits per heavy atom. The predicted molar refractivity (Wildman–Crippen MR) is 69.2 cm³/mol. The van der Waals surface area contributed by atoms with Crippen LogP contribution in [0.15, 0.2) is 18.2 Å². The fourth-order valence-corrected chi connectivity index (χ4v) is 2.91. The topological polar surface area (TPSA) is 26.0 Å². The summed E-state index contributed by atoms with van der Waals surface area (Å²) in [5, 5.41) is 0. The molecule has 0 bridgehead atoms. The second kappa shape index (κ2) is 5.18. The third kappa shape index (κ3) is 2.86. The molecule has 0 aromatic heterocycles. The van der Waals surface area contributed by atoms with Crippen LogP contribution in [-0.2, 0) is 0 Å². The second-order valence-electron chi connectivity index (χ2n) is 5.55. The third-order valence-corrected chi connectivity index (χ3v) is 4.16. The largest absolute Gasteiger partial charge is 0.324 e. The molecule has 0 radical (unpaired) electrons. The summed E-state index contributed by atoms with van der Waals surface area (Å²) >= 11 is 0.